The van der Waals surface area contributed by atoms with Crippen LogP contribution in [0.3, 0.4) is 0 Å². The van der Waals surface area contributed by atoms with Crippen LogP contribution in [0.4, 0.5) is 13.2 Å². The van der Waals surface area contributed by atoms with Gasteiger partial charge in [-0.3, -0.25) is 4.79 Å². The van der Waals surface area contributed by atoms with Crippen LogP contribution < -0.4 is 0 Å². The molecule has 1 aromatic heterocycles. The number of carboxylic acid groups (broad SMARTS) is 1. The molecule has 106 valence electrons. The van der Waals surface area contributed by atoms with E-state index in [-0.39, 0.29) is 24.6 Å². The van der Waals surface area contributed by atoms with Crippen molar-refractivity contribution in [2.45, 2.75) is 19.0 Å². The summed E-state index contributed by atoms with van der Waals surface area (Å²) in [5.41, 5.74) is -0.432. The topological polar surface area (TPSA) is 76.2 Å². The third kappa shape index (κ3) is 3.34. The van der Waals surface area contributed by atoms with Crippen molar-refractivity contribution >= 4 is 5.97 Å². The molecule has 0 amide bonds. The molecule has 0 atom stereocenters. The lowest BCUT2D eigenvalue weighted by atomic mass is 10.1. The van der Waals surface area contributed by atoms with Gasteiger partial charge in [0.05, 0.1) is 12.0 Å². The van der Waals surface area contributed by atoms with Crippen molar-refractivity contribution in [1.82, 2.24) is 10.1 Å². The van der Waals surface area contributed by atoms with Crippen LogP contribution >= 0.6 is 0 Å². The van der Waals surface area contributed by atoms with Gasteiger partial charge in [0.1, 0.15) is 0 Å². The lowest BCUT2D eigenvalue weighted by molar-refractivity contribution is -0.138. The van der Waals surface area contributed by atoms with Crippen LogP contribution in [-0.2, 0) is 17.4 Å². The predicted molar refractivity (Wildman–Crippen MR) is 60.7 cm³/mol. The summed E-state index contributed by atoms with van der Waals surface area (Å²) in [6.45, 7) is 0. The van der Waals surface area contributed by atoms with E-state index in [4.69, 9.17) is 9.63 Å². The molecule has 1 N–H and O–H groups in total. The molecule has 8 heteroatoms. The molecule has 1 aromatic carbocycles. The molecule has 0 aliphatic carbocycles. The maximum Gasteiger partial charge on any atom is 0.416 e. The fraction of sp³-hybridized carbons (Fsp3) is 0.250. The molecule has 0 spiro atoms. The molecule has 1 heterocycles. The van der Waals surface area contributed by atoms with E-state index in [9.17, 15) is 18.0 Å². The zero-order chi connectivity index (χ0) is 14.8. The number of hydrogen-bond acceptors (Lipinski definition) is 4. The lowest BCUT2D eigenvalue weighted by Crippen LogP contribution is -2.04. The van der Waals surface area contributed by atoms with Gasteiger partial charge in [-0.1, -0.05) is 5.16 Å². The van der Waals surface area contributed by atoms with Gasteiger partial charge >= 0.3 is 12.1 Å². The largest absolute Gasteiger partial charge is 0.481 e. The summed E-state index contributed by atoms with van der Waals surface area (Å²) in [4.78, 5) is 14.3. The zero-order valence-electron chi connectivity index (χ0n) is 10.0. The Morgan fingerprint density at radius 1 is 1.25 bits per heavy atom. The van der Waals surface area contributed by atoms with Crippen molar-refractivity contribution in [3.05, 3.63) is 35.7 Å². The van der Waals surface area contributed by atoms with Crippen LogP contribution in [0, 0.1) is 0 Å². The maximum absolute atomic E-state index is 12.4. The summed E-state index contributed by atoms with van der Waals surface area (Å²) in [7, 11) is 0. The average molecular weight is 286 g/mol. The Morgan fingerprint density at radius 3 is 2.45 bits per heavy atom. The molecule has 20 heavy (non-hydrogen) atoms. The zero-order valence-corrected chi connectivity index (χ0v) is 10.0. The number of halogens is 3. The first-order chi connectivity index (χ1) is 9.36. The van der Waals surface area contributed by atoms with Gasteiger partial charge in [-0.25, -0.2) is 0 Å². The molecular weight excluding hydrogens is 277 g/mol. The average Bonchev–Trinajstić information content (AvgIpc) is 2.84. The van der Waals surface area contributed by atoms with Gasteiger partial charge in [0, 0.05) is 12.0 Å². The van der Waals surface area contributed by atoms with Gasteiger partial charge in [0.2, 0.25) is 0 Å². The highest BCUT2D eigenvalue weighted by molar-refractivity contribution is 5.66. The number of carboxylic acids is 1. The Kier molecular flexibility index (Phi) is 3.73. The second-order valence-electron chi connectivity index (χ2n) is 3.98. The summed E-state index contributed by atoms with van der Waals surface area (Å²) in [6, 6.07) is 4.27. The van der Waals surface area contributed by atoms with Crippen LogP contribution in [0.2, 0.25) is 0 Å². The van der Waals surface area contributed by atoms with Gasteiger partial charge in [-0.05, 0) is 24.3 Å². The van der Waals surface area contributed by atoms with Gasteiger partial charge in [0.25, 0.3) is 5.89 Å². The van der Waals surface area contributed by atoms with Crippen LogP contribution in [-0.4, -0.2) is 21.2 Å². The van der Waals surface area contributed by atoms with Crippen LogP contribution in [0.25, 0.3) is 11.5 Å². The smallest absolute Gasteiger partial charge is 0.416 e. The summed E-state index contributed by atoms with van der Waals surface area (Å²) >= 11 is 0. The summed E-state index contributed by atoms with van der Waals surface area (Å²) in [5.74, 6) is -0.743. The molecule has 0 saturated heterocycles. The number of alkyl halides is 3. The van der Waals surface area contributed by atoms with E-state index >= 15 is 0 Å². The number of benzene rings is 1. The highest BCUT2D eigenvalue weighted by Gasteiger charge is 2.30. The Labute approximate surface area is 111 Å². The quantitative estimate of drug-likeness (QED) is 0.935. The van der Waals surface area contributed by atoms with E-state index in [1.165, 1.54) is 12.1 Å². The molecule has 0 aliphatic heterocycles. The van der Waals surface area contributed by atoms with Crippen molar-refractivity contribution < 1.29 is 27.6 Å². The maximum atomic E-state index is 12.4. The monoisotopic (exact) mass is 286 g/mol. The van der Waals surface area contributed by atoms with Gasteiger partial charge < -0.3 is 9.63 Å². The minimum atomic E-state index is -4.40. The van der Waals surface area contributed by atoms with Gasteiger partial charge in [0.15, 0.2) is 5.82 Å². The number of aryl methyl sites for hydroxylation is 1. The fourth-order valence-corrected chi connectivity index (χ4v) is 1.49. The summed E-state index contributed by atoms with van der Waals surface area (Å²) in [5, 5.41) is 12.1. The predicted octanol–water partition coefficient (Wildman–Crippen LogP) is 2.77. The molecule has 0 unspecified atom stereocenters. The second-order valence-corrected chi connectivity index (χ2v) is 3.98. The third-order valence-corrected chi connectivity index (χ3v) is 2.49. The molecule has 2 aromatic rings. The van der Waals surface area contributed by atoms with Crippen molar-refractivity contribution in [2.24, 2.45) is 0 Å². The number of carbonyl (C=O) groups is 1. The highest BCUT2D eigenvalue weighted by Crippen LogP contribution is 2.30. The lowest BCUT2D eigenvalue weighted by Gasteiger charge is -2.05. The first-order valence-electron chi connectivity index (χ1n) is 5.58. The first-order valence-corrected chi connectivity index (χ1v) is 5.58. The number of rotatable bonds is 4. The molecule has 0 fully saturated rings. The molecule has 5 nitrogen and oxygen atoms in total. The molecule has 0 radical (unpaired) electrons. The standard InChI is InChI=1S/C12H9F3N2O3/c13-12(14,15)8-3-1-7(2-4-8)11-16-9(17-20-11)5-6-10(18)19/h1-4H,5-6H2,(H,18,19). The number of aliphatic carboxylic acids is 1. The number of hydrogen-bond donors (Lipinski definition) is 1. The molecule has 0 aliphatic rings. The summed E-state index contributed by atoms with van der Waals surface area (Å²) < 4.78 is 42.1. The van der Waals surface area contributed by atoms with E-state index in [2.05, 4.69) is 10.1 Å². The van der Waals surface area contributed by atoms with E-state index in [1.807, 2.05) is 0 Å². The van der Waals surface area contributed by atoms with Crippen LogP contribution in [0.5, 0.6) is 0 Å². The fourth-order valence-electron chi connectivity index (χ4n) is 1.49. The highest BCUT2D eigenvalue weighted by atomic mass is 19.4. The number of nitrogens with zero attached hydrogens (tertiary/aromatic N) is 2. The Bertz CT molecular complexity index is 605. The normalized spacial score (nSPS) is 11.6. The van der Waals surface area contributed by atoms with Crippen molar-refractivity contribution in [3.63, 3.8) is 0 Å². The van der Waals surface area contributed by atoms with E-state index in [0.29, 0.717) is 5.56 Å². The molecule has 2 rings (SSSR count). The second kappa shape index (κ2) is 5.32. The molecule has 0 saturated carbocycles. The Morgan fingerprint density at radius 2 is 1.90 bits per heavy atom. The Balaban J connectivity index is 2.14. The molecule has 0 bridgehead atoms. The van der Waals surface area contributed by atoms with Crippen molar-refractivity contribution in [1.29, 1.82) is 0 Å². The Hall–Kier alpha value is -2.38. The SMILES string of the molecule is O=C(O)CCc1noc(-c2ccc(C(F)(F)F)cc2)n1. The minimum absolute atomic E-state index is 0.0547. The van der Waals surface area contributed by atoms with E-state index in [1.54, 1.807) is 0 Å². The molecular formula is C12H9F3N2O3. The van der Waals surface area contributed by atoms with Crippen molar-refractivity contribution in [3.8, 4) is 11.5 Å². The first kappa shape index (κ1) is 14.0. The van der Waals surface area contributed by atoms with Gasteiger partial charge in [-0.15, -0.1) is 0 Å². The van der Waals surface area contributed by atoms with Crippen molar-refractivity contribution in [2.75, 3.05) is 0 Å². The number of aromatic nitrogens is 2. The van der Waals surface area contributed by atoms with E-state index in [0.717, 1.165) is 12.1 Å². The third-order valence-electron chi connectivity index (χ3n) is 2.49. The van der Waals surface area contributed by atoms with Crippen LogP contribution in [0.15, 0.2) is 28.8 Å². The minimum Gasteiger partial charge on any atom is -0.481 e. The summed E-state index contributed by atoms with van der Waals surface area (Å²) in [6.07, 6.45) is -4.45. The van der Waals surface area contributed by atoms with Gasteiger partial charge in [-0.2, -0.15) is 18.2 Å². The van der Waals surface area contributed by atoms with E-state index < -0.39 is 17.7 Å². The van der Waals surface area contributed by atoms with Crippen LogP contribution in [0.1, 0.15) is 17.8 Å².